The van der Waals surface area contributed by atoms with Crippen LogP contribution in [0.5, 0.6) is 0 Å². The van der Waals surface area contributed by atoms with Crippen molar-refractivity contribution in [1.82, 2.24) is 4.98 Å². The first-order valence-corrected chi connectivity index (χ1v) is 8.25. The molecule has 4 heteroatoms. The predicted octanol–water partition coefficient (Wildman–Crippen LogP) is 4.06. The zero-order chi connectivity index (χ0) is 16.2. The summed E-state index contributed by atoms with van der Waals surface area (Å²) in [5.41, 5.74) is 3.66. The van der Waals surface area contributed by atoms with Gasteiger partial charge >= 0.3 is 0 Å². The van der Waals surface area contributed by atoms with Crippen LogP contribution in [0.4, 0.5) is 11.4 Å². The van der Waals surface area contributed by atoms with Crippen molar-refractivity contribution in [2.24, 2.45) is 0 Å². The third-order valence-electron chi connectivity index (χ3n) is 4.29. The van der Waals surface area contributed by atoms with E-state index in [1.165, 1.54) is 12.8 Å². The molecule has 1 aliphatic heterocycles. The Bertz CT molecular complexity index is 691. The topological polar surface area (TPSA) is 45.2 Å². The summed E-state index contributed by atoms with van der Waals surface area (Å²) in [4.78, 5) is 19.1. The molecule has 2 aromatic rings. The van der Waals surface area contributed by atoms with Crippen LogP contribution in [-0.2, 0) is 0 Å². The number of hydrogen-bond acceptors (Lipinski definition) is 3. The van der Waals surface area contributed by atoms with Gasteiger partial charge in [-0.2, -0.15) is 0 Å². The molecule has 4 nitrogen and oxygen atoms in total. The van der Waals surface area contributed by atoms with Gasteiger partial charge in [-0.1, -0.05) is 32.0 Å². The van der Waals surface area contributed by atoms with Crippen LogP contribution in [0.2, 0.25) is 0 Å². The molecule has 1 N–H and O–H groups in total. The number of para-hydroxylation sites is 1. The lowest BCUT2D eigenvalue weighted by atomic mass is 10.0. The molecular weight excluding hydrogens is 286 g/mol. The minimum Gasteiger partial charge on any atom is -0.370 e. The summed E-state index contributed by atoms with van der Waals surface area (Å²) in [6, 6.07) is 9.89. The molecule has 1 saturated heterocycles. The van der Waals surface area contributed by atoms with E-state index in [0.717, 1.165) is 30.0 Å². The first-order chi connectivity index (χ1) is 11.1. The second-order valence-electron chi connectivity index (χ2n) is 6.32. The van der Waals surface area contributed by atoms with Crippen LogP contribution >= 0.6 is 0 Å². The van der Waals surface area contributed by atoms with Gasteiger partial charge in [0.15, 0.2) is 0 Å². The van der Waals surface area contributed by atoms with Crippen molar-refractivity contribution in [1.29, 1.82) is 0 Å². The van der Waals surface area contributed by atoms with E-state index in [1.54, 1.807) is 6.20 Å². The van der Waals surface area contributed by atoms with Crippen LogP contribution < -0.4 is 10.2 Å². The second kappa shape index (κ2) is 6.82. The van der Waals surface area contributed by atoms with Crippen molar-refractivity contribution in [2.75, 3.05) is 23.3 Å². The minimum absolute atomic E-state index is 0.105. The molecular formula is C19H23N3O. The monoisotopic (exact) mass is 309 g/mol. The molecule has 0 aliphatic carbocycles. The number of anilines is 2. The standard InChI is InChI=1S/C19H23N3O/c1-14(2)17-7-3-4-8-18(17)21-19(23)15-11-16(13-20-12-15)22-9-5-6-10-22/h3-4,7-8,11-14H,5-6,9-10H2,1-2H3,(H,21,23). The highest BCUT2D eigenvalue weighted by Crippen LogP contribution is 2.25. The van der Waals surface area contributed by atoms with E-state index in [4.69, 9.17) is 0 Å². The van der Waals surface area contributed by atoms with Crippen LogP contribution in [0.3, 0.4) is 0 Å². The average molecular weight is 309 g/mol. The SMILES string of the molecule is CC(C)c1ccccc1NC(=O)c1cncc(N2CCCC2)c1. The molecule has 3 rings (SSSR count). The number of carbonyl (C=O) groups is 1. The van der Waals surface area contributed by atoms with E-state index in [-0.39, 0.29) is 5.91 Å². The molecule has 1 fully saturated rings. The number of nitrogens with one attached hydrogen (secondary N) is 1. The Morgan fingerprint density at radius 3 is 2.65 bits per heavy atom. The molecule has 0 radical (unpaired) electrons. The Labute approximate surface area is 137 Å². The lowest BCUT2D eigenvalue weighted by molar-refractivity contribution is 0.102. The van der Waals surface area contributed by atoms with Crippen LogP contribution in [-0.4, -0.2) is 24.0 Å². The van der Waals surface area contributed by atoms with Crippen molar-refractivity contribution in [3.63, 3.8) is 0 Å². The van der Waals surface area contributed by atoms with Gasteiger partial charge in [0.25, 0.3) is 5.91 Å². The number of aromatic nitrogens is 1. The summed E-state index contributed by atoms with van der Waals surface area (Å²) in [6.45, 7) is 6.34. The van der Waals surface area contributed by atoms with Crippen molar-refractivity contribution < 1.29 is 4.79 Å². The maximum atomic E-state index is 12.6. The molecule has 1 aliphatic rings. The van der Waals surface area contributed by atoms with Gasteiger partial charge in [0.1, 0.15) is 0 Å². The molecule has 0 atom stereocenters. The number of nitrogens with zero attached hydrogens (tertiary/aromatic N) is 2. The molecule has 1 amide bonds. The highest BCUT2D eigenvalue weighted by atomic mass is 16.1. The maximum Gasteiger partial charge on any atom is 0.257 e. The molecule has 1 aromatic carbocycles. The summed E-state index contributed by atoms with van der Waals surface area (Å²) in [6.07, 6.45) is 5.88. The number of carbonyl (C=O) groups excluding carboxylic acids is 1. The van der Waals surface area contributed by atoms with E-state index < -0.39 is 0 Å². The van der Waals surface area contributed by atoms with E-state index in [9.17, 15) is 4.79 Å². The van der Waals surface area contributed by atoms with E-state index >= 15 is 0 Å². The van der Waals surface area contributed by atoms with Crippen molar-refractivity contribution in [3.05, 3.63) is 53.9 Å². The highest BCUT2D eigenvalue weighted by molar-refractivity contribution is 6.05. The summed E-state index contributed by atoms with van der Waals surface area (Å²) in [5, 5.41) is 3.03. The van der Waals surface area contributed by atoms with Gasteiger partial charge in [-0.3, -0.25) is 9.78 Å². The molecule has 0 unspecified atom stereocenters. The van der Waals surface area contributed by atoms with Gasteiger partial charge in [-0.15, -0.1) is 0 Å². The Morgan fingerprint density at radius 1 is 1.17 bits per heavy atom. The first-order valence-electron chi connectivity index (χ1n) is 8.25. The second-order valence-corrected chi connectivity index (χ2v) is 6.32. The van der Waals surface area contributed by atoms with E-state index in [2.05, 4.69) is 35.1 Å². The summed E-state index contributed by atoms with van der Waals surface area (Å²) < 4.78 is 0. The smallest absolute Gasteiger partial charge is 0.257 e. The maximum absolute atomic E-state index is 12.6. The average Bonchev–Trinajstić information content (AvgIpc) is 3.10. The minimum atomic E-state index is -0.105. The number of pyridine rings is 1. The number of rotatable bonds is 4. The predicted molar refractivity (Wildman–Crippen MR) is 94.2 cm³/mol. The Kier molecular flexibility index (Phi) is 4.60. The fourth-order valence-corrected chi connectivity index (χ4v) is 3.01. The Morgan fingerprint density at radius 2 is 1.91 bits per heavy atom. The summed E-state index contributed by atoms with van der Waals surface area (Å²) in [7, 11) is 0. The van der Waals surface area contributed by atoms with E-state index in [1.807, 2.05) is 30.5 Å². The zero-order valence-electron chi connectivity index (χ0n) is 13.7. The normalized spacial score (nSPS) is 14.3. The van der Waals surface area contributed by atoms with Gasteiger partial charge < -0.3 is 10.2 Å². The van der Waals surface area contributed by atoms with Gasteiger partial charge in [-0.25, -0.2) is 0 Å². The molecule has 120 valence electrons. The lowest BCUT2D eigenvalue weighted by Crippen LogP contribution is -2.19. The Balaban J connectivity index is 1.80. The zero-order valence-corrected chi connectivity index (χ0v) is 13.7. The third kappa shape index (κ3) is 3.52. The molecule has 2 heterocycles. The lowest BCUT2D eigenvalue weighted by Gasteiger charge is -2.18. The van der Waals surface area contributed by atoms with Gasteiger partial charge in [0.2, 0.25) is 0 Å². The molecule has 0 bridgehead atoms. The van der Waals surface area contributed by atoms with Crippen LogP contribution in [0, 0.1) is 0 Å². The number of amides is 1. The first kappa shape index (κ1) is 15.5. The quantitative estimate of drug-likeness (QED) is 0.926. The van der Waals surface area contributed by atoms with Gasteiger partial charge in [0.05, 0.1) is 17.4 Å². The summed E-state index contributed by atoms with van der Waals surface area (Å²) >= 11 is 0. The number of benzene rings is 1. The van der Waals surface area contributed by atoms with Gasteiger partial charge in [-0.05, 0) is 36.5 Å². The van der Waals surface area contributed by atoms with E-state index in [0.29, 0.717) is 11.5 Å². The van der Waals surface area contributed by atoms with Crippen molar-refractivity contribution >= 4 is 17.3 Å². The molecule has 0 spiro atoms. The van der Waals surface area contributed by atoms with Crippen LogP contribution in [0.25, 0.3) is 0 Å². The highest BCUT2D eigenvalue weighted by Gasteiger charge is 2.16. The Hall–Kier alpha value is -2.36. The largest absolute Gasteiger partial charge is 0.370 e. The number of hydrogen-bond donors (Lipinski definition) is 1. The molecule has 23 heavy (non-hydrogen) atoms. The summed E-state index contributed by atoms with van der Waals surface area (Å²) in [5.74, 6) is 0.257. The van der Waals surface area contributed by atoms with Crippen molar-refractivity contribution in [2.45, 2.75) is 32.6 Å². The van der Waals surface area contributed by atoms with Crippen LogP contribution in [0.1, 0.15) is 48.5 Å². The fourth-order valence-electron chi connectivity index (χ4n) is 3.01. The molecule has 0 saturated carbocycles. The molecule has 1 aromatic heterocycles. The van der Waals surface area contributed by atoms with Gasteiger partial charge in [0, 0.05) is 25.0 Å². The van der Waals surface area contributed by atoms with Crippen molar-refractivity contribution in [3.8, 4) is 0 Å². The fraction of sp³-hybridized carbons (Fsp3) is 0.368. The van der Waals surface area contributed by atoms with Crippen LogP contribution in [0.15, 0.2) is 42.7 Å². The third-order valence-corrected chi connectivity index (χ3v) is 4.29.